The Morgan fingerprint density at radius 1 is 1.19 bits per heavy atom. The molecule has 138 valence electrons. The minimum absolute atomic E-state index is 0.0428. The first kappa shape index (κ1) is 15.7. The maximum absolute atomic E-state index is 12.1. The van der Waals surface area contributed by atoms with Crippen LogP contribution in [0.5, 0.6) is 0 Å². The molecule has 4 fully saturated rings. The number of carbonyl (C=O) groups is 2. The van der Waals surface area contributed by atoms with Gasteiger partial charge in [0.25, 0.3) is 0 Å². The van der Waals surface area contributed by atoms with Crippen LogP contribution in [0.15, 0.2) is 23.3 Å². The minimum atomic E-state index is -0.149. The molecular weight excluding hydrogens is 324 g/mol. The molecule has 0 amide bonds. The van der Waals surface area contributed by atoms with E-state index in [4.69, 9.17) is 4.74 Å². The molecule has 5 unspecified atom stereocenters. The van der Waals surface area contributed by atoms with E-state index < -0.39 is 0 Å². The predicted octanol–water partition coefficient (Wildman–Crippen LogP) is 4.37. The maximum atomic E-state index is 12.1. The lowest BCUT2D eigenvalue weighted by molar-refractivity contribution is -0.173. The average molecular weight is 352 g/mol. The van der Waals surface area contributed by atoms with Gasteiger partial charge in [-0.15, -0.1) is 0 Å². The number of esters is 1. The SMILES string of the molecule is CC[C@]12CCC3C4=C(C=CC3C1C1CC1[C@@]21CCC(=O)O1)CC(=O)CC4. The molecule has 0 radical (unpaired) electrons. The standard InChI is InChI=1S/C23H28O3/c1-2-22-9-7-16-15-6-4-14(24)11-13(15)3-5-17(16)21(22)18-12-19(18)23(22)10-8-20(25)26-23/h3,5,16-19,21H,2,4,6-12H2,1H3/t16?,17?,18?,19?,21?,22-,23-/m0/s1. The van der Waals surface area contributed by atoms with E-state index in [1.165, 1.54) is 24.8 Å². The molecule has 1 saturated heterocycles. The lowest BCUT2D eigenvalue weighted by Gasteiger charge is -2.56. The molecule has 0 aromatic heterocycles. The Balaban J connectivity index is 1.41. The summed E-state index contributed by atoms with van der Waals surface area (Å²) in [5.74, 6) is 3.74. The van der Waals surface area contributed by atoms with Gasteiger partial charge in [0.2, 0.25) is 0 Å². The second-order valence-corrected chi connectivity index (χ2v) is 9.75. The summed E-state index contributed by atoms with van der Waals surface area (Å²) < 4.78 is 6.21. The van der Waals surface area contributed by atoms with Crippen LogP contribution < -0.4 is 0 Å². The quantitative estimate of drug-likeness (QED) is 0.658. The van der Waals surface area contributed by atoms with Crippen molar-refractivity contribution in [3.63, 3.8) is 0 Å². The summed E-state index contributed by atoms with van der Waals surface area (Å²) in [6, 6.07) is 0. The number of fused-ring (bicyclic) bond motifs is 8. The Labute approximate surface area is 155 Å². The number of Topliss-reactive ketones (excluding diaryl/α,β-unsaturated/α-hetero) is 1. The summed E-state index contributed by atoms with van der Waals surface area (Å²) >= 11 is 0. The largest absolute Gasteiger partial charge is 0.458 e. The molecular formula is C23H28O3. The van der Waals surface area contributed by atoms with Gasteiger partial charge in [0, 0.05) is 30.6 Å². The number of carbonyl (C=O) groups excluding carboxylic acids is 2. The molecule has 0 aromatic rings. The molecule has 1 heterocycles. The molecule has 0 N–H and O–H groups in total. The highest BCUT2D eigenvalue weighted by atomic mass is 16.6. The molecule has 0 bridgehead atoms. The first-order chi connectivity index (χ1) is 12.6. The first-order valence-corrected chi connectivity index (χ1v) is 10.7. The van der Waals surface area contributed by atoms with Crippen molar-refractivity contribution in [3.05, 3.63) is 23.3 Å². The van der Waals surface area contributed by atoms with Crippen LogP contribution in [0.2, 0.25) is 0 Å². The Morgan fingerprint density at radius 2 is 2.08 bits per heavy atom. The fraction of sp³-hybridized carbons (Fsp3) is 0.739. The summed E-state index contributed by atoms with van der Waals surface area (Å²) in [5, 5.41) is 0. The zero-order valence-electron chi connectivity index (χ0n) is 15.6. The van der Waals surface area contributed by atoms with Crippen molar-refractivity contribution in [1.82, 2.24) is 0 Å². The van der Waals surface area contributed by atoms with Gasteiger partial charge in [-0.2, -0.15) is 0 Å². The zero-order valence-corrected chi connectivity index (χ0v) is 15.6. The minimum Gasteiger partial charge on any atom is -0.458 e. The topological polar surface area (TPSA) is 43.4 Å². The van der Waals surface area contributed by atoms with Gasteiger partial charge >= 0.3 is 5.97 Å². The fourth-order valence-corrected chi connectivity index (χ4v) is 8.34. The van der Waals surface area contributed by atoms with Gasteiger partial charge in [-0.05, 0) is 67.8 Å². The average Bonchev–Trinajstić information content (AvgIpc) is 3.29. The molecule has 6 aliphatic rings. The molecule has 6 rings (SSSR count). The number of ether oxygens (including phenoxy) is 1. The molecule has 3 saturated carbocycles. The van der Waals surface area contributed by atoms with Crippen LogP contribution in [0.4, 0.5) is 0 Å². The summed E-state index contributed by atoms with van der Waals surface area (Å²) in [7, 11) is 0. The molecule has 3 nitrogen and oxygen atoms in total. The van der Waals surface area contributed by atoms with Crippen molar-refractivity contribution in [2.75, 3.05) is 0 Å². The Morgan fingerprint density at radius 3 is 2.85 bits per heavy atom. The summed E-state index contributed by atoms with van der Waals surface area (Å²) in [6.45, 7) is 2.34. The Bertz CT molecular complexity index is 776. The van der Waals surface area contributed by atoms with Gasteiger partial charge in [-0.25, -0.2) is 0 Å². The summed E-state index contributed by atoms with van der Waals surface area (Å²) in [5.41, 5.74) is 2.98. The van der Waals surface area contributed by atoms with Crippen molar-refractivity contribution in [1.29, 1.82) is 0 Å². The summed E-state index contributed by atoms with van der Waals surface area (Å²) in [6.07, 6.45) is 13.5. The molecule has 1 spiro atoms. The lowest BCUT2D eigenvalue weighted by Crippen LogP contribution is -2.55. The van der Waals surface area contributed by atoms with E-state index in [-0.39, 0.29) is 17.0 Å². The first-order valence-electron chi connectivity index (χ1n) is 10.7. The van der Waals surface area contributed by atoms with Gasteiger partial charge in [-0.3, -0.25) is 9.59 Å². The van der Waals surface area contributed by atoms with Crippen LogP contribution in [0, 0.1) is 35.0 Å². The number of hydrogen-bond donors (Lipinski definition) is 0. The molecule has 0 aromatic carbocycles. The van der Waals surface area contributed by atoms with E-state index in [1.54, 1.807) is 5.57 Å². The Kier molecular flexibility index (Phi) is 2.96. The predicted molar refractivity (Wildman–Crippen MR) is 97.1 cm³/mol. The molecule has 7 atom stereocenters. The van der Waals surface area contributed by atoms with Gasteiger partial charge in [0.1, 0.15) is 11.4 Å². The highest BCUT2D eigenvalue weighted by molar-refractivity contribution is 5.83. The summed E-state index contributed by atoms with van der Waals surface area (Å²) in [4.78, 5) is 24.0. The number of hydrogen-bond acceptors (Lipinski definition) is 3. The third-order valence-corrected chi connectivity index (χ3v) is 9.23. The number of allylic oxidation sites excluding steroid dienone is 4. The van der Waals surface area contributed by atoms with Crippen LogP contribution >= 0.6 is 0 Å². The Hall–Kier alpha value is -1.38. The third-order valence-electron chi connectivity index (χ3n) is 9.23. The molecule has 3 heteroatoms. The smallest absolute Gasteiger partial charge is 0.306 e. The monoisotopic (exact) mass is 352 g/mol. The second kappa shape index (κ2) is 4.91. The van der Waals surface area contributed by atoms with Crippen LogP contribution in [0.3, 0.4) is 0 Å². The van der Waals surface area contributed by atoms with Crippen LogP contribution in [-0.4, -0.2) is 17.4 Å². The van der Waals surface area contributed by atoms with Crippen LogP contribution in [-0.2, 0) is 14.3 Å². The molecule has 1 aliphatic heterocycles. The van der Waals surface area contributed by atoms with E-state index in [0.29, 0.717) is 42.3 Å². The van der Waals surface area contributed by atoms with Crippen molar-refractivity contribution in [2.24, 2.45) is 35.0 Å². The third kappa shape index (κ3) is 1.67. The zero-order chi connectivity index (χ0) is 17.7. The van der Waals surface area contributed by atoms with Gasteiger partial charge in [0.05, 0.1) is 0 Å². The van der Waals surface area contributed by atoms with Crippen LogP contribution in [0.1, 0.15) is 64.7 Å². The highest BCUT2D eigenvalue weighted by Crippen LogP contribution is 2.78. The van der Waals surface area contributed by atoms with E-state index >= 15 is 0 Å². The van der Waals surface area contributed by atoms with Crippen molar-refractivity contribution < 1.29 is 14.3 Å². The maximum Gasteiger partial charge on any atom is 0.306 e. The highest BCUT2D eigenvalue weighted by Gasteiger charge is 2.79. The fourth-order valence-electron chi connectivity index (χ4n) is 8.34. The second-order valence-electron chi connectivity index (χ2n) is 9.75. The normalized spacial score (nSPS) is 51.0. The van der Waals surface area contributed by atoms with Gasteiger partial charge < -0.3 is 4.74 Å². The van der Waals surface area contributed by atoms with Crippen molar-refractivity contribution in [2.45, 2.75) is 70.3 Å². The molecule has 26 heavy (non-hydrogen) atoms. The lowest BCUT2D eigenvalue weighted by atomic mass is 9.50. The molecule has 5 aliphatic carbocycles. The van der Waals surface area contributed by atoms with Crippen molar-refractivity contribution in [3.8, 4) is 0 Å². The van der Waals surface area contributed by atoms with E-state index in [9.17, 15) is 9.59 Å². The van der Waals surface area contributed by atoms with E-state index in [0.717, 1.165) is 31.6 Å². The van der Waals surface area contributed by atoms with Crippen LogP contribution in [0.25, 0.3) is 0 Å². The number of rotatable bonds is 1. The van der Waals surface area contributed by atoms with E-state index in [1.807, 2.05) is 0 Å². The number of ketones is 1. The van der Waals surface area contributed by atoms with Gasteiger partial charge in [0.15, 0.2) is 0 Å². The van der Waals surface area contributed by atoms with Crippen molar-refractivity contribution >= 4 is 11.8 Å². The van der Waals surface area contributed by atoms with E-state index in [2.05, 4.69) is 19.1 Å². The van der Waals surface area contributed by atoms with Gasteiger partial charge in [-0.1, -0.05) is 24.6 Å².